The highest BCUT2D eigenvalue weighted by Gasteiger charge is 2.18. The normalized spacial score (nSPS) is 13.6. The maximum atomic E-state index is 13.6. The lowest BCUT2D eigenvalue weighted by atomic mass is 10.1. The van der Waals surface area contributed by atoms with E-state index in [0.29, 0.717) is 12.2 Å². The van der Waals surface area contributed by atoms with E-state index in [-0.39, 0.29) is 5.82 Å². The fourth-order valence-electron chi connectivity index (χ4n) is 2.05. The zero-order valence-corrected chi connectivity index (χ0v) is 9.70. The van der Waals surface area contributed by atoms with Crippen molar-refractivity contribution in [1.29, 1.82) is 0 Å². The van der Waals surface area contributed by atoms with Crippen LogP contribution >= 0.6 is 11.3 Å². The van der Waals surface area contributed by atoms with Crippen molar-refractivity contribution < 1.29 is 4.39 Å². The van der Waals surface area contributed by atoms with Crippen molar-refractivity contribution in [2.24, 2.45) is 0 Å². The van der Waals surface area contributed by atoms with Gasteiger partial charge in [0, 0.05) is 11.3 Å². The second-order valence-electron chi connectivity index (χ2n) is 3.91. The monoisotopic (exact) mass is 234 g/mol. The van der Waals surface area contributed by atoms with Crippen molar-refractivity contribution in [2.75, 3.05) is 5.32 Å². The molecule has 82 valence electrons. The van der Waals surface area contributed by atoms with Crippen LogP contribution in [-0.4, -0.2) is 4.98 Å². The van der Waals surface area contributed by atoms with E-state index in [4.69, 9.17) is 0 Å². The third-order valence-corrected chi connectivity index (χ3v) is 3.78. The average Bonchev–Trinajstić information content (AvgIpc) is 2.49. The fourth-order valence-corrected chi connectivity index (χ4v) is 2.94. The Labute approximate surface area is 97.2 Å². The molecule has 0 atom stereocenters. The van der Waals surface area contributed by atoms with Crippen molar-refractivity contribution in [3.05, 3.63) is 45.2 Å². The van der Waals surface area contributed by atoms with Gasteiger partial charge in [0.25, 0.3) is 0 Å². The summed E-state index contributed by atoms with van der Waals surface area (Å²) in [6.45, 7) is 2.68. The van der Waals surface area contributed by atoms with Crippen molar-refractivity contribution in [1.82, 2.24) is 4.98 Å². The molecule has 1 aliphatic rings. The summed E-state index contributed by atoms with van der Waals surface area (Å²) in [5, 5.41) is 4.23. The molecular weight excluding hydrogens is 223 g/mol. The first-order chi connectivity index (χ1) is 7.74. The zero-order valence-electron chi connectivity index (χ0n) is 8.88. The highest BCUT2D eigenvalue weighted by Crippen LogP contribution is 2.30. The molecule has 0 amide bonds. The Balaban J connectivity index is 2.10. The van der Waals surface area contributed by atoms with Crippen LogP contribution in [0.5, 0.6) is 0 Å². The molecule has 2 heterocycles. The third-order valence-electron chi connectivity index (χ3n) is 2.77. The van der Waals surface area contributed by atoms with Crippen molar-refractivity contribution in [3.63, 3.8) is 0 Å². The van der Waals surface area contributed by atoms with Crippen LogP contribution in [0.1, 0.15) is 21.1 Å². The Hall–Kier alpha value is -1.42. The molecule has 0 saturated carbocycles. The molecule has 1 aromatic carbocycles. The van der Waals surface area contributed by atoms with Gasteiger partial charge < -0.3 is 5.32 Å². The highest BCUT2D eigenvalue weighted by molar-refractivity contribution is 7.11. The topological polar surface area (TPSA) is 24.9 Å². The third kappa shape index (κ3) is 1.50. The van der Waals surface area contributed by atoms with Gasteiger partial charge in [0.05, 0.1) is 22.9 Å². The Morgan fingerprint density at radius 1 is 1.44 bits per heavy atom. The van der Waals surface area contributed by atoms with Gasteiger partial charge in [0.15, 0.2) is 0 Å². The van der Waals surface area contributed by atoms with E-state index in [1.165, 1.54) is 10.9 Å². The molecular formula is C12H11FN2S. The van der Waals surface area contributed by atoms with Gasteiger partial charge in [-0.15, -0.1) is 11.3 Å². The molecule has 0 unspecified atom stereocenters. The molecule has 1 aliphatic heterocycles. The lowest BCUT2D eigenvalue weighted by molar-refractivity contribution is 0.629. The minimum atomic E-state index is -0.177. The minimum Gasteiger partial charge on any atom is -0.377 e. The Bertz CT molecular complexity index is 548. The molecule has 0 saturated heterocycles. The molecule has 3 rings (SSSR count). The van der Waals surface area contributed by atoms with Crippen LogP contribution in [0.15, 0.2) is 18.2 Å². The number of aryl methyl sites for hydroxylation is 1. The molecule has 0 radical (unpaired) electrons. The van der Waals surface area contributed by atoms with Crippen LogP contribution in [0, 0.1) is 12.7 Å². The van der Waals surface area contributed by atoms with E-state index in [0.717, 1.165) is 22.7 Å². The first-order valence-corrected chi connectivity index (χ1v) is 6.02. The van der Waals surface area contributed by atoms with Gasteiger partial charge >= 0.3 is 0 Å². The molecule has 0 bridgehead atoms. The largest absolute Gasteiger partial charge is 0.377 e. The Kier molecular flexibility index (Phi) is 2.17. The van der Waals surface area contributed by atoms with Gasteiger partial charge in [0.1, 0.15) is 5.82 Å². The van der Waals surface area contributed by atoms with Gasteiger partial charge in [0.2, 0.25) is 0 Å². The summed E-state index contributed by atoms with van der Waals surface area (Å²) in [6, 6.07) is 5.19. The zero-order chi connectivity index (χ0) is 11.1. The quantitative estimate of drug-likeness (QED) is 0.757. The number of thiazole rings is 1. The van der Waals surface area contributed by atoms with Crippen LogP contribution in [0.25, 0.3) is 0 Å². The van der Waals surface area contributed by atoms with Gasteiger partial charge in [-0.1, -0.05) is 12.1 Å². The number of benzene rings is 1. The van der Waals surface area contributed by atoms with Crippen LogP contribution in [0.4, 0.5) is 10.1 Å². The lowest BCUT2D eigenvalue weighted by Crippen LogP contribution is -2.00. The van der Waals surface area contributed by atoms with E-state index in [1.807, 2.05) is 13.0 Å². The summed E-state index contributed by atoms with van der Waals surface area (Å²) in [7, 11) is 0. The van der Waals surface area contributed by atoms with E-state index in [2.05, 4.69) is 10.3 Å². The smallest absolute Gasteiger partial charge is 0.146 e. The Morgan fingerprint density at radius 3 is 3.19 bits per heavy atom. The average molecular weight is 234 g/mol. The SMILES string of the molecule is Cc1nc2c(s1)CNc1c(F)cccc1C2. The van der Waals surface area contributed by atoms with E-state index < -0.39 is 0 Å². The second-order valence-corrected chi connectivity index (χ2v) is 5.19. The van der Waals surface area contributed by atoms with Gasteiger partial charge in [-0.3, -0.25) is 0 Å². The molecule has 2 nitrogen and oxygen atoms in total. The summed E-state index contributed by atoms with van der Waals surface area (Å²) in [6.07, 6.45) is 0.722. The van der Waals surface area contributed by atoms with Crippen molar-refractivity contribution in [3.8, 4) is 0 Å². The van der Waals surface area contributed by atoms with Gasteiger partial charge in [-0.2, -0.15) is 0 Å². The standard InChI is InChI=1S/C12H11FN2S/c1-7-15-10-5-8-3-2-4-9(13)12(8)14-6-11(10)16-7/h2-4,14H,5-6H2,1H3. The van der Waals surface area contributed by atoms with Crippen molar-refractivity contribution >= 4 is 17.0 Å². The highest BCUT2D eigenvalue weighted by atomic mass is 32.1. The lowest BCUT2D eigenvalue weighted by Gasteiger charge is -2.07. The summed E-state index contributed by atoms with van der Waals surface area (Å²) >= 11 is 1.68. The maximum Gasteiger partial charge on any atom is 0.146 e. The number of nitrogens with one attached hydrogen (secondary N) is 1. The maximum absolute atomic E-state index is 13.6. The van der Waals surface area contributed by atoms with Gasteiger partial charge in [-0.05, 0) is 18.6 Å². The molecule has 0 aliphatic carbocycles. The summed E-state index contributed by atoms with van der Waals surface area (Å²) in [5.41, 5.74) is 2.70. The van der Waals surface area contributed by atoms with E-state index in [1.54, 1.807) is 17.4 Å². The van der Waals surface area contributed by atoms with Crippen molar-refractivity contribution in [2.45, 2.75) is 19.9 Å². The number of rotatable bonds is 0. The molecule has 2 aromatic rings. The number of halogens is 1. The molecule has 1 aromatic heterocycles. The molecule has 0 fully saturated rings. The number of hydrogen-bond acceptors (Lipinski definition) is 3. The number of fused-ring (bicyclic) bond motifs is 2. The second kappa shape index (κ2) is 3.56. The predicted octanol–water partition coefficient (Wildman–Crippen LogP) is 3.11. The molecule has 16 heavy (non-hydrogen) atoms. The fraction of sp³-hybridized carbons (Fsp3) is 0.250. The predicted molar refractivity (Wildman–Crippen MR) is 63.4 cm³/mol. The number of nitrogens with zero attached hydrogens (tertiary/aromatic N) is 1. The van der Waals surface area contributed by atoms with Crippen LogP contribution < -0.4 is 5.32 Å². The number of para-hydroxylation sites is 1. The van der Waals surface area contributed by atoms with Crippen LogP contribution in [0.3, 0.4) is 0 Å². The summed E-state index contributed by atoms with van der Waals surface area (Å²) < 4.78 is 13.6. The molecule has 1 N–H and O–H groups in total. The summed E-state index contributed by atoms with van der Waals surface area (Å²) in [5.74, 6) is -0.177. The molecule has 4 heteroatoms. The number of aromatic nitrogens is 1. The van der Waals surface area contributed by atoms with Gasteiger partial charge in [-0.25, -0.2) is 9.37 Å². The Morgan fingerprint density at radius 2 is 2.31 bits per heavy atom. The molecule has 0 spiro atoms. The van der Waals surface area contributed by atoms with Crippen LogP contribution in [-0.2, 0) is 13.0 Å². The minimum absolute atomic E-state index is 0.177. The first-order valence-electron chi connectivity index (χ1n) is 5.20. The van der Waals surface area contributed by atoms with E-state index >= 15 is 0 Å². The first kappa shape index (κ1) is 9.78. The number of hydrogen-bond donors (Lipinski definition) is 1. The summed E-state index contributed by atoms with van der Waals surface area (Å²) in [4.78, 5) is 5.71. The van der Waals surface area contributed by atoms with E-state index in [9.17, 15) is 4.39 Å². The number of anilines is 1. The van der Waals surface area contributed by atoms with Crippen LogP contribution in [0.2, 0.25) is 0 Å².